The van der Waals surface area contributed by atoms with E-state index >= 15 is 0 Å². The van der Waals surface area contributed by atoms with Gasteiger partial charge < -0.3 is 0 Å². The van der Waals surface area contributed by atoms with Crippen LogP contribution in [0.15, 0.2) is 61.2 Å². The Labute approximate surface area is 104 Å². The molecule has 2 aromatic heterocycles. The molecule has 0 spiro atoms. The van der Waals surface area contributed by atoms with Gasteiger partial charge in [-0.05, 0) is 18.6 Å². The quantitative estimate of drug-likeness (QED) is 0.581. The Hall–Kier alpha value is -1.70. The number of hydrogen-bond donors (Lipinski definition) is 0. The molecule has 2 rings (SSSR count). The lowest BCUT2D eigenvalue weighted by atomic mass is 10.2. The van der Waals surface area contributed by atoms with E-state index in [1.165, 1.54) is 19.3 Å². The van der Waals surface area contributed by atoms with Crippen molar-refractivity contribution in [2.75, 3.05) is 0 Å². The fourth-order valence-corrected chi connectivity index (χ4v) is 1.44. The van der Waals surface area contributed by atoms with Crippen molar-refractivity contribution in [3.05, 3.63) is 61.2 Å². The number of aryl methyl sites for hydroxylation is 1. The molecule has 0 bridgehead atoms. The maximum Gasteiger partial charge on any atom is 0.168 e. The van der Waals surface area contributed by atoms with E-state index < -0.39 is 0 Å². The average Bonchev–Trinajstić information content (AvgIpc) is 2.43. The molecule has 0 aliphatic heterocycles. The molecule has 0 saturated heterocycles. The Bertz CT molecular complexity index is 332. The van der Waals surface area contributed by atoms with Gasteiger partial charge >= 0.3 is 0 Å². The second-order valence-electron chi connectivity index (χ2n) is 3.84. The molecule has 0 saturated carbocycles. The molecule has 90 valence electrons. The topological polar surface area (TPSA) is 16.8 Å². The highest BCUT2D eigenvalue weighted by Gasteiger charge is 1.94. The summed E-state index contributed by atoms with van der Waals surface area (Å²) >= 11 is 0. The Morgan fingerprint density at radius 1 is 0.824 bits per heavy atom. The van der Waals surface area contributed by atoms with Crippen LogP contribution in [-0.2, 0) is 6.54 Å². The molecule has 2 heterocycles. The third-order valence-electron chi connectivity index (χ3n) is 2.36. The van der Waals surface area contributed by atoms with Crippen LogP contribution in [0.25, 0.3) is 0 Å². The van der Waals surface area contributed by atoms with Crippen LogP contribution < -0.4 is 4.57 Å². The predicted octanol–water partition coefficient (Wildman–Crippen LogP) is 3.25. The van der Waals surface area contributed by atoms with Crippen molar-refractivity contribution in [2.45, 2.75) is 32.7 Å². The number of nitrogens with zero attached hydrogens (tertiary/aromatic N) is 2. The van der Waals surface area contributed by atoms with Crippen LogP contribution in [0.5, 0.6) is 0 Å². The minimum absolute atomic E-state index is 1.16. The van der Waals surface area contributed by atoms with Gasteiger partial charge in [0, 0.05) is 30.9 Å². The van der Waals surface area contributed by atoms with Crippen LogP contribution in [0.4, 0.5) is 0 Å². The number of pyridine rings is 2. The zero-order valence-electron chi connectivity index (χ0n) is 10.5. The van der Waals surface area contributed by atoms with Crippen molar-refractivity contribution in [3.8, 4) is 0 Å². The highest BCUT2D eigenvalue weighted by atomic mass is 14.9. The molecule has 0 aliphatic rings. The summed E-state index contributed by atoms with van der Waals surface area (Å²) in [6.07, 6.45) is 11.7. The molecule has 0 atom stereocenters. The first-order valence-corrected chi connectivity index (χ1v) is 6.22. The van der Waals surface area contributed by atoms with Gasteiger partial charge in [-0.1, -0.05) is 25.5 Å². The van der Waals surface area contributed by atoms with E-state index in [2.05, 4.69) is 47.1 Å². The molecule has 0 aromatic carbocycles. The van der Waals surface area contributed by atoms with Crippen molar-refractivity contribution in [1.82, 2.24) is 4.98 Å². The molecule has 2 heteroatoms. The van der Waals surface area contributed by atoms with E-state index in [4.69, 9.17) is 0 Å². The SMILES string of the molecule is CCCCC[n+]1ccccc1.c1ccncc1. The fraction of sp³-hybridized carbons (Fsp3) is 0.333. The molecule has 2 nitrogen and oxygen atoms in total. The third-order valence-corrected chi connectivity index (χ3v) is 2.36. The van der Waals surface area contributed by atoms with Crippen LogP contribution >= 0.6 is 0 Å². The molecule has 0 unspecified atom stereocenters. The smallest absolute Gasteiger partial charge is 0.168 e. The molecule has 0 fully saturated rings. The number of unbranched alkanes of at least 4 members (excludes halogenated alkanes) is 2. The molecule has 17 heavy (non-hydrogen) atoms. The molecule has 2 aromatic rings. The van der Waals surface area contributed by atoms with E-state index in [1.807, 2.05) is 18.2 Å². The van der Waals surface area contributed by atoms with Crippen molar-refractivity contribution >= 4 is 0 Å². The summed E-state index contributed by atoms with van der Waals surface area (Å²) in [7, 11) is 0. The van der Waals surface area contributed by atoms with E-state index in [1.54, 1.807) is 12.4 Å². The second kappa shape index (κ2) is 9.52. The highest BCUT2D eigenvalue weighted by Crippen LogP contribution is 1.92. The first kappa shape index (κ1) is 13.4. The summed E-state index contributed by atoms with van der Waals surface area (Å²) in [6.45, 7) is 3.39. The van der Waals surface area contributed by atoms with Crippen LogP contribution in [0, 0.1) is 0 Å². The van der Waals surface area contributed by atoms with Gasteiger partial charge in [-0.2, -0.15) is 0 Å². The normalized spacial score (nSPS) is 9.24. The van der Waals surface area contributed by atoms with E-state index in [0.717, 1.165) is 6.54 Å². The van der Waals surface area contributed by atoms with Crippen LogP contribution in [0.2, 0.25) is 0 Å². The summed E-state index contributed by atoms with van der Waals surface area (Å²) in [5, 5.41) is 0. The Morgan fingerprint density at radius 2 is 1.47 bits per heavy atom. The largest absolute Gasteiger partial charge is 0.265 e. The highest BCUT2D eigenvalue weighted by molar-refractivity contribution is 4.88. The number of rotatable bonds is 4. The number of aromatic nitrogens is 2. The molecule has 0 radical (unpaired) electrons. The van der Waals surface area contributed by atoms with Gasteiger partial charge in [0.15, 0.2) is 12.4 Å². The van der Waals surface area contributed by atoms with Gasteiger partial charge in [0.1, 0.15) is 6.54 Å². The maximum absolute atomic E-state index is 3.78. The summed E-state index contributed by atoms with van der Waals surface area (Å²) < 4.78 is 2.23. The fourth-order valence-electron chi connectivity index (χ4n) is 1.44. The summed E-state index contributed by atoms with van der Waals surface area (Å²) in [5.41, 5.74) is 0. The van der Waals surface area contributed by atoms with Crippen LogP contribution in [0.1, 0.15) is 26.2 Å². The maximum atomic E-state index is 3.78. The predicted molar refractivity (Wildman–Crippen MR) is 70.4 cm³/mol. The zero-order chi connectivity index (χ0) is 12.2. The standard InChI is InChI=1S/C10H16N.C5H5N/c1-2-3-5-8-11-9-6-4-7-10-11;1-2-4-6-5-3-1/h4,6-7,9-10H,2-3,5,8H2,1H3;1-5H/q+1;. The van der Waals surface area contributed by atoms with Gasteiger partial charge in [0.05, 0.1) is 0 Å². The molecular weight excluding hydrogens is 208 g/mol. The summed E-state index contributed by atoms with van der Waals surface area (Å²) in [6, 6.07) is 11.9. The number of hydrogen-bond acceptors (Lipinski definition) is 1. The molecular formula is C15H21N2+. The van der Waals surface area contributed by atoms with Gasteiger partial charge in [-0.3, -0.25) is 4.98 Å². The van der Waals surface area contributed by atoms with Crippen molar-refractivity contribution in [1.29, 1.82) is 0 Å². The van der Waals surface area contributed by atoms with E-state index in [0.29, 0.717) is 0 Å². The van der Waals surface area contributed by atoms with Gasteiger partial charge in [-0.25, -0.2) is 4.57 Å². The Morgan fingerprint density at radius 3 is 1.94 bits per heavy atom. The van der Waals surface area contributed by atoms with Crippen LogP contribution in [-0.4, -0.2) is 4.98 Å². The van der Waals surface area contributed by atoms with E-state index in [9.17, 15) is 0 Å². The van der Waals surface area contributed by atoms with Gasteiger partial charge in [0.25, 0.3) is 0 Å². The lowest BCUT2D eigenvalue weighted by Crippen LogP contribution is -2.31. The summed E-state index contributed by atoms with van der Waals surface area (Å²) in [5.74, 6) is 0. The average molecular weight is 229 g/mol. The van der Waals surface area contributed by atoms with E-state index in [-0.39, 0.29) is 0 Å². The Balaban J connectivity index is 0.000000202. The van der Waals surface area contributed by atoms with Gasteiger partial charge in [-0.15, -0.1) is 0 Å². The van der Waals surface area contributed by atoms with Crippen molar-refractivity contribution in [2.24, 2.45) is 0 Å². The minimum atomic E-state index is 1.16. The first-order chi connectivity index (χ1) is 8.43. The lowest BCUT2D eigenvalue weighted by molar-refractivity contribution is -0.697. The van der Waals surface area contributed by atoms with Gasteiger partial charge in [0.2, 0.25) is 0 Å². The second-order valence-corrected chi connectivity index (χ2v) is 3.84. The van der Waals surface area contributed by atoms with Crippen molar-refractivity contribution < 1.29 is 4.57 Å². The molecule has 0 N–H and O–H groups in total. The third kappa shape index (κ3) is 7.23. The zero-order valence-corrected chi connectivity index (χ0v) is 10.5. The van der Waals surface area contributed by atoms with Crippen molar-refractivity contribution in [3.63, 3.8) is 0 Å². The first-order valence-electron chi connectivity index (χ1n) is 6.22. The minimum Gasteiger partial charge on any atom is -0.265 e. The monoisotopic (exact) mass is 229 g/mol. The molecule has 0 aliphatic carbocycles. The Kier molecular flexibility index (Phi) is 7.49. The lowest BCUT2D eigenvalue weighted by Gasteiger charge is -1.93. The molecule has 0 amide bonds. The summed E-state index contributed by atoms with van der Waals surface area (Å²) in [4.78, 5) is 3.78. The van der Waals surface area contributed by atoms with Crippen LogP contribution in [0.3, 0.4) is 0 Å².